The normalized spacial score (nSPS) is 11.8. The monoisotopic (exact) mass is 360 g/mol. The minimum Gasteiger partial charge on any atom is -0.494 e. The second-order valence-electron chi connectivity index (χ2n) is 8.41. The lowest BCUT2D eigenvalue weighted by Crippen LogP contribution is -2.20. The predicted molar refractivity (Wildman–Crippen MR) is 109 cm³/mol. The van der Waals surface area contributed by atoms with E-state index >= 15 is 0 Å². The second kappa shape index (κ2) is 11.3. The van der Waals surface area contributed by atoms with Gasteiger partial charge in [0.15, 0.2) is 0 Å². The van der Waals surface area contributed by atoms with Crippen LogP contribution < -0.4 is 4.74 Å². The van der Waals surface area contributed by atoms with Crippen LogP contribution in [0.3, 0.4) is 0 Å². The van der Waals surface area contributed by atoms with Gasteiger partial charge in [-0.05, 0) is 78.6 Å². The molecule has 0 saturated heterocycles. The molecule has 0 spiro atoms. The first kappa shape index (κ1) is 22.5. The van der Waals surface area contributed by atoms with Crippen molar-refractivity contribution in [2.45, 2.75) is 78.4 Å². The molecule has 0 atom stereocenters. The molecule has 0 fully saturated rings. The molecule has 0 aliphatic rings. The van der Waals surface area contributed by atoms with Gasteiger partial charge >= 0.3 is 0 Å². The molecular weight excluding hydrogens is 324 g/mol. The van der Waals surface area contributed by atoms with Crippen LogP contribution in [0, 0.1) is 11.8 Å². The van der Waals surface area contributed by atoms with E-state index in [1.165, 1.54) is 0 Å². The first-order chi connectivity index (χ1) is 12.2. The molecule has 0 aliphatic heterocycles. The van der Waals surface area contributed by atoms with Crippen molar-refractivity contribution in [3.63, 3.8) is 0 Å². The van der Waals surface area contributed by atoms with Crippen molar-refractivity contribution < 1.29 is 14.2 Å². The molecule has 0 heterocycles. The molecular formula is C23H36O3. The number of ether oxygens (including phenoxy) is 3. The minimum atomic E-state index is -0.0834. The Balaban J connectivity index is 2.19. The lowest BCUT2D eigenvalue weighted by Gasteiger charge is -2.19. The Morgan fingerprint density at radius 3 is 1.88 bits per heavy atom. The van der Waals surface area contributed by atoms with Gasteiger partial charge in [0.1, 0.15) is 5.75 Å². The zero-order valence-corrected chi connectivity index (χ0v) is 17.5. The third kappa shape index (κ3) is 12.8. The zero-order valence-electron chi connectivity index (χ0n) is 17.5. The van der Waals surface area contributed by atoms with Gasteiger partial charge in [-0.2, -0.15) is 0 Å². The summed E-state index contributed by atoms with van der Waals surface area (Å²) in [5, 5.41) is 0. The molecule has 0 aromatic heterocycles. The third-order valence-corrected chi connectivity index (χ3v) is 3.41. The van der Waals surface area contributed by atoms with Crippen LogP contribution >= 0.6 is 0 Å². The van der Waals surface area contributed by atoms with Crippen LogP contribution in [0.2, 0.25) is 0 Å². The fraction of sp³-hybridized carbons (Fsp3) is 0.652. The molecule has 1 aromatic carbocycles. The van der Waals surface area contributed by atoms with Gasteiger partial charge in [0, 0.05) is 25.0 Å². The van der Waals surface area contributed by atoms with E-state index in [9.17, 15) is 0 Å². The number of benzene rings is 1. The lowest BCUT2D eigenvalue weighted by atomic mass is 10.2. The Morgan fingerprint density at radius 1 is 0.731 bits per heavy atom. The average molecular weight is 361 g/mol. The topological polar surface area (TPSA) is 27.7 Å². The first-order valence-corrected chi connectivity index (χ1v) is 9.65. The fourth-order valence-electron chi connectivity index (χ4n) is 2.12. The summed E-state index contributed by atoms with van der Waals surface area (Å²) in [6.45, 7) is 14.6. The van der Waals surface area contributed by atoms with Crippen molar-refractivity contribution in [1.29, 1.82) is 0 Å². The maximum absolute atomic E-state index is 5.73. The van der Waals surface area contributed by atoms with Gasteiger partial charge in [0.2, 0.25) is 0 Å². The average Bonchev–Trinajstić information content (AvgIpc) is 2.53. The van der Waals surface area contributed by atoms with Crippen molar-refractivity contribution in [2.75, 3.05) is 19.8 Å². The highest BCUT2D eigenvalue weighted by atomic mass is 16.5. The molecule has 1 aromatic rings. The molecule has 0 saturated carbocycles. The molecule has 1 rings (SSSR count). The van der Waals surface area contributed by atoms with E-state index in [1.807, 2.05) is 24.3 Å². The van der Waals surface area contributed by atoms with Crippen LogP contribution in [0.4, 0.5) is 0 Å². The van der Waals surface area contributed by atoms with E-state index < -0.39 is 0 Å². The van der Waals surface area contributed by atoms with Gasteiger partial charge in [-0.25, -0.2) is 0 Å². The summed E-state index contributed by atoms with van der Waals surface area (Å²) >= 11 is 0. The van der Waals surface area contributed by atoms with Crippen LogP contribution in [0.1, 0.15) is 72.8 Å². The van der Waals surface area contributed by atoms with Gasteiger partial charge < -0.3 is 14.2 Å². The fourth-order valence-corrected chi connectivity index (χ4v) is 2.12. The number of unbranched alkanes of at least 4 members (excludes halogenated alkanes) is 2. The van der Waals surface area contributed by atoms with Crippen LogP contribution in [-0.2, 0) is 9.47 Å². The highest BCUT2D eigenvalue weighted by Gasteiger charge is 2.09. The summed E-state index contributed by atoms with van der Waals surface area (Å²) in [6, 6.07) is 7.98. The quantitative estimate of drug-likeness (QED) is 0.423. The first-order valence-electron chi connectivity index (χ1n) is 9.65. The highest BCUT2D eigenvalue weighted by Crippen LogP contribution is 2.13. The van der Waals surface area contributed by atoms with Crippen molar-refractivity contribution >= 4 is 0 Å². The predicted octanol–water partition coefficient (Wildman–Crippen LogP) is 5.61. The van der Waals surface area contributed by atoms with Crippen LogP contribution in [0.15, 0.2) is 24.3 Å². The van der Waals surface area contributed by atoms with Crippen LogP contribution in [0.25, 0.3) is 0 Å². The summed E-state index contributed by atoms with van der Waals surface area (Å²) < 4.78 is 17.1. The standard InChI is InChI=1S/C23H36O3/c1-22(2,3)25-18-10-8-7-9-12-20-13-15-21(16-14-20)24-17-11-19-26-23(4,5)6/h13-16H,7-8,10-11,17-19H2,1-6H3. The maximum atomic E-state index is 5.73. The molecule has 0 unspecified atom stereocenters. The summed E-state index contributed by atoms with van der Waals surface area (Å²) in [4.78, 5) is 0. The van der Waals surface area contributed by atoms with E-state index in [4.69, 9.17) is 14.2 Å². The molecule has 0 N–H and O–H groups in total. The van der Waals surface area contributed by atoms with Gasteiger partial charge in [0.05, 0.1) is 24.4 Å². The van der Waals surface area contributed by atoms with E-state index in [-0.39, 0.29) is 11.2 Å². The SMILES string of the molecule is CC(C)(C)OCCCCC#Cc1ccc(OCCCOC(C)(C)C)cc1. The van der Waals surface area contributed by atoms with E-state index in [0.29, 0.717) is 13.2 Å². The second-order valence-corrected chi connectivity index (χ2v) is 8.41. The van der Waals surface area contributed by atoms with Crippen molar-refractivity contribution in [3.8, 4) is 17.6 Å². The van der Waals surface area contributed by atoms with Gasteiger partial charge in [-0.3, -0.25) is 0 Å². The third-order valence-electron chi connectivity index (χ3n) is 3.41. The lowest BCUT2D eigenvalue weighted by molar-refractivity contribution is -0.00773. The minimum absolute atomic E-state index is 0.0465. The molecule has 3 heteroatoms. The smallest absolute Gasteiger partial charge is 0.119 e. The zero-order chi connectivity index (χ0) is 19.5. The van der Waals surface area contributed by atoms with E-state index in [1.54, 1.807) is 0 Å². The molecule has 0 aliphatic carbocycles. The summed E-state index contributed by atoms with van der Waals surface area (Å²) in [6.07, 6.45) is 3.91. The molecule has 3 nitrogen and oxygen atoms in total. The Labute approximate surface area is 160 Å². The molecule has 0 amide bonds. The van der Waals surface area contributed by atoms with Crippen LogP contribution in [0.5, 0.6) is 5.75 Å². The van der Waals surface area contributed by atoms with Crippen molar-refractivity contribution in [2.24, 2.45) is 0 Å². The number of hydrogen-bond acceptors (Lipinski definition) is 3. The van der Waals surface area contributed by atoms with Crippen molar-refractivity contribution in [3.05, 3.63) is 29.8 Å². The van der Waals surface area contributed by atoms with Gasteiger partial charge in [-0.1, -0.05) is 11.8 Å². The Kier molecular flexibility index (Phi) is 9.76. The van der Waals surface area contributed by atoms with Crippen LogP contribution in [-0.4, -0.2) is 31.0 Å². The van der Waals surface area contributed by atoms with Gasteiger partial charge in [0.25, 0.3) is 0 Å². The summed E-state index contributed by atoms with van der Waals surface area (Å²) in [7, 11) is 0. The number of hydrogen-bond donors (Lipinski definition) is 0. The Hall–Kier alpha value is -1.50. The summed E-state index contributed by atoms with van der Waals surface area (Å²) in [5.41, 5.74) is 0.897. The molecule has 0 radical (unpaired) electrons. The van der Waals surface area contributed by atoms with E-state index in [0.717, 1.165) is 43.6 Å². The van der Waals surface area contributed by atoms with Gasteiger partial charge in [-0.15, -0.1) is 0 Å². The molecule has 146 valence electrons. The summed E-state index contributed by atoms with van der Waals surface area (Å²) in [5.74, 6) is 7.32. The van der Waals surface area contributed by atoms with E-state index in [2.05, 4.69) is 53.4 Å². The Bertz CT molecular complexity index is 550. The van der Waals surface area contributed by atoms with Crippen molar-refractivity contribution in [1.82, 2.24) is 0 Å². The Morgan fingerprint density at radius 2 is 1.31 bits per heavy atom. The highest BCUT2D eigenvalue weighted by molar-refractivity contribution is 5.38. The largest absolute Gasteiger partial charge is 0.494 e. The number of rotatable bonds is 9. The maximum Gasteiger partial charge on any atom is 0.119 e. The molecule has 0 bridgehead atoms. The molecule has 26 heavy (non-hydrogen) atoms.